The molecule has 0 aliphatic rings. The summed E-state index contributed by atoms with van der Waals surface area (Å²) in [6.07, 6.45) is 0. The minimum absolute atomic E-state index is 0.172. The largest absolute Gasteiger partial charge is 0.478 e. The number of ether oxygens (including phenoxy) is 1. The van der Waals surface area contributed by atoms with Crippen LogP contribution in [0.1, 0.15) is 28.9 Å². The number of hydrogen-bond donors (Lipinski definition) is 2. The first-order valence-corrected chi connectivity index (χ1v) is 7.41. The van der Waals surface area contributed by atoms with Crippen molar-refractivity contribution in [2.24, 2.45) is 0 Å². The van der Waals surface area contributed by atoms with Gasteiger partial charge in [-0.25, -0.2) is 9.59 Å². The Morgan fingerprint density at radius 3 is 2.48 bits per heavy atom. The molecule has 0 radical (unpaired) electrons. The lowest BCUT2D eigenvalue weighted by molar-refractivity contribution is -0.144. The van der Waals surface area contributed by atoms with E-state index >= 15 is 0 Å². The van der Waals surface area contributed by atoms with Crippen molar-refractivity contribution in [2.45, 2.75) is 13.0 Å². The van der Waals surface area contributed by atoms with Crippen molar-refractivity contribution in [2.75, 3.05) is 11.9 Å². The van der Waals surface area contributed by atoms with Gasteiger partial charge in [0.25, 0.3) is 0 Å². The normalized spacial score (nSPS) is 11.6. The molecule has 0 aliphatic carbocycles. The molecular formula is C17H16ClNO4. The monoisotopic (exact) mass is 333 g/mol. The van der Waals surface area contributed by atoms with E-state index in [0.29, 0.717) is 16.3 Å². The Morgan fingerprint density at radius 2 is 1.91 bits per heavy atom. The number of carbonyl (C=O) groups excluding carboxylic acids is 1. The second-order valence-corrected chi connectivity index (χ2v) is 5.20. The van der Waals surface area contributed by atoms with E-state index in [2.05, 4.69) is 5.32 Å². The maximum atomic E-state index is 12.2. The van der Waals surface area contributed by atoms with Crippen LogP contribution in [0.4, 0.5) is 5.69 Å². The number of carboxylic acids is 1. The van der Waals surface area contributed by atoms with Gasteiger partial charge in [-0.1, -0.05) is 23.7 Å². The third kappa shape index (κ3) is 4.47. The van der Waals surface area contributed by atoms with Gasteiger partial charge >= 0.3 is 11.9 Å². The number of benzene rings is 2. The van der Waals surface area contributed by atoms with E-state index in [4.69, 9.17) is 21.4 Å². The minimum Gasteiger partial charge on any atom is -0.478 e. The number of hydrogen-bond acceptors (Lipinski definition) is 4. The van der Waals surface area contributed by atoms with Gasteiger partial charge in [0.2, 0.25) is 0 Å². The second kappa shape index (κ2) is 7.65. The number of halogens is 1. The molecule has 0 bridgehead atoms. The van der Waals surface area contributed by atoms with Crippen LogP contribution in [0.5, 0.6) is 0 Å². The molecule has 1 unspecified atom stereocenters. The predicted molar refractivity (Wildman–Crippen MR) is 87.9 cm³/mol. The van der Waals surface area contributed by atoms with Crippen LogP contribution in [-0.2, 0) is 9.53 Å². The summed E-state index contributed by atoms with van der Waals surface area (Å²) in [6, 6.07) is 12.3. The van der Waals surface area contributed by atoms with Crippen molar-refractivity contribution in [1.82, 2.24) is 0 Å². The quantitative estimate of drug-likeness (QED) is 0.787. The Kier molecular flexibility index (Phi) is 5.60. The van der Waals surface area contributed by atoms with Crippen LogP contribution in [-0.4, -0.2) is 23.7 Å². The van der Waals surface area contributed by atoms with Gasteiger partial charge < -0.3 is 15.2 Å². The molecule has 2 aromatic carbocycles. The summed E-state index contributed by atoms with van der Waals surface area (Å²) >= 11 is 5.98. The van der Waals surface area contributed by atoms with Gasteiger partial charge in [-0.05, 0) is 48.9 Å². The lowest BCUT2D eigenvalue weighted by atomic mass is 10.1. The summed E-state index contributed by atoms with van der Waals surface area (Å²) in [7, 11) is 0. The van der Waals surface area contributed by atoms with Gasteiger partial charge in [0, 0.05) is 10.7 Å². The van der Waals surface area contributed by atoms with Gasteiger partial charge in [-0.15, -0.1) is 0 Å². The molecule has 6 heteroatoms. The van der Waals surface area contributed by atoms with Crippen LogP contribution in [0.25, 0.3) is 0 Å². The fourth-order valence-corrected chi connectivity index (χ4v) is 2.26. The van der Waals surface area contributed by atoms with Crippen LogP contribution in [0, 0.1) is 0 Å². The standard InChI is InChI=1S/C17H16ClNO4/c1-2-23-17(22)15(12-4-3-5-13(18)10-12)19-14-8-6-11(7-9-14)16(20)21/h3-10,15,19H,2H2,1H3,(H,20,21). The van der Waals surface area contributed by atoms with E-state index in [9.17, 15) is 9.59 Å². The molecule has 5 nitrogen and oxygen atoms in total. The highest BCUT2D eigenvalue weighted by Gasteiger charge is 2.22. The average molecular weight is 334 g/mol. The molecule has 0 aromatic heterocycles. The summed E-state index contributed by atoms with van der Waals surface area (Å²) in [5.41, 5.74) is 1.44. The van der Waals surface area contributed by atoms with Gasteiger partial charge in [-0.2, -0.15) is 0 Å². The Hall–Kier alpha value is -2.53. The number of rotatable bonds is 6. The summed E-state index contributed by atoms with van der Waals surface area (Å²) in [4.78, 5) is 23.1. The summed E-state index contributed by atoms with van der Waals surface area (Å²) in [5, 5.41) is 12.5. The van der Waals surface area contributed by atoms with Crippen LogP contribution in [0.2, 0.25) is 5.02 Å². The van der Waals surface area contributed by atoms with E-state index < -0.39 is 18.0 Å². The Morgan fingerprint density at radius 1 is 1.22 bits per heavy atom. The maximum Gasteiger partial charge on any atom is 0.335 e. The molecule has 0 saturated heterocycles. The zero-order chi connectivity index (χ0) is 16.8. The van der Waals surface area contributed by atoms with E-state index in [1.807, 2.05) is 0 Å². The number of anilines is 1. The maximum absolute atomic E-state index is 12.2. The van der Waals surface area contributed by atoms with Crippen molar-refractivity contribution in [1.29, 1.82) is 0 Å². The van der Waals surface area contributed by atoms with Crippen molar-refractivity contribution >= 4 is 29.2 Å². The zero-order valence-corrected chi connectivity index (χ0v) is 13.2. The van der Waals surface area contributed by atoms with Crippen molar-refractivity contribution in [3.63, 3.8) is 0 Å². The summed E-state index contributed by atoms with van der Waals surface area (Å²) in [6.45, 7) is 1.99. The first kappa shape index (κ1) is 16.8. The Balaban J connectivity index is 2.27. The lowest BCUT2D eigenvalue weighted by Gasteiger charge is -2.19. The highest BCUT2D eigenvalue weighted by molar-refractivity contribution is 6.30. The van der Waals surface area contributed by atoms with Gasteiger partial charge in [0.1, 0.15) is 0 Å². The lowest BCUT2D eigenvalue weighted by Crippen LogP contribution is -2.23. The fourth-order valence-electron chi connectivity index (χ4n) is 2.07. The fraction of sp³-hybridized carbons (Fsp3) is 0.176. The average Bonchev–Trinajstić information content (AvgIpc) is 2.53. The molecule has 0 spiro atoms. The Labute approximate surface area is 138 Å². The number of carboxylic acid groups (broad SMARTS) is 1. The van der Waals surface area contributed by atoms with E-state index in [1.54, 1.807) is 43.3 Å². The smallest absolute Gasteiger partial charge is 0.335 e. The molecule has 0 fully saturated rings. The molecule has 2 N–H and O–H groups in total. The molecule has 120 valence electrons. The highest BCUT2D eigenvalue weighted by atomic mass is 35.5. The molecule has 2 rings (SSSR count). The highest BCUT2D eigenvalue weighted by Crippen LogP contribution is 2.24. The van der Waals surface area contributed by atoms with Gasteiger partial charge in [0.15, 0.2) is 6.04 Å². The second-order valence-electron chi connectivity index (χ2n) is 4.77. The first-order chi connectivity index (χ1) is 11.0. The summed E-state index contributed by atoms with van der Waals surface area (Å²) in [5.74, 6) is -1.44. The molecule has 0 heterocycles. The molecule has 0 saturated carbocycles. The molecule has 0 aliphatic heterocycles. The molecular weight excluding hydrogens is 318 g/mol. The molecule has 2 aromatic rings. The predicted octanol–water partition coefficient (Wildman–Crippen LogP) is 3.75. The van der Waals surface area contributed by atoms with Gasteiger partial charge in [0.05, 0.1) is 12.2 Å². The SMILES string of the molecule is CCOC(=O)C(Nc1ccc(C(=O)O)cc1)c1cccc(Cl)c1. The number of carbonyl (C=O) groups is 2. The van der Waals surface area contributed by atoms with E-state index in [0.717, 1.165) is 0 Å². The first-order valence-electron chi connectivity index (χ1n) is 7.03. The topological polar surface area (TPSA) is 75.6 Å². The van der Waals surface area contributed by atoms with E-state index in [-0.39, 0.29) is 12.2 Å². The van der Waals surface area contributed by atoms with Crippen LogP contribution < -0.4 is 5.32 Å². The number of esters is 1. The van der Waals surface area contributed by atoms with Crippen molar-refractivity contribution in [3.8, 4) is 0 Å². The third-order valence-electron chi connectivity index (χ3n) is 3.15. The Bertz CT molecular complexity index is 700. The van der Waals surface area contributed by atoms with Crippen LogP contribution in [0.15, 0.2) is 48.5 Å². The zero-order valence-electron chi connectivity index (χ0n) is 12.5. The van der Waals surface area contributed by atoms with E-state index in [1.165, 1.54) is 12.1 Å². The number of aromatic carboxylic acids is 1. The van der Waals surface area contributed by atoms with Gasteiger partial charge in [-0.3, -0.25) is 0 Å². The molecule has 23 heavy (non-hydrogen) atoms. The van der Waals surface area contributed by atoms with Crippen LogP contribution in [0.3, 0.4) is 0 Å². The van der Waals surface area contributed by atoms with Crippen molar-refractivity contribution < 1.29 is 19.4 Å². The molecule has 1 atom stereocenters. The van der Waals surface area contributed by atoms with Crippen LogP contribution >= 0.6 is 11.6 Å². The number of nitrogens with one attached hydrogen (secondary N) is 1. The summed E-state index contributed by atoms with van der Waals surface area (Å²) < 4.78 is 5.09. The third-order valence-corrected chi connectivity index (χ3v) is 3.38. The minimum atomic E-state index is -1.01. The van der Waals surface area contributed by atoms with Crippen molar-refractivity contribution in [3.05, 3.63) is 64.7 Å². The molecule has 0 amide bonds.